The summed E-state index contributed by atoms with van der Waals surface area (Å²) < 4.78 is 1.80. The van der Waals surface area contributed by atoms with Crippen molar-refractivity contribution in [2.24, 2.45) is 0 Å². The molecule has 0 bridgehead atoms. The monoisotopic (exact) mass is 429 g/mol. The van der Waals surface area contributed by atoms with Crippen molar-refractivity contribution in [3.05, 3.63) is 83.6 Å². The number of aromatic nitrogens is 4. The summed E-state index contributed by atoms with van der Waals surface area (Å²) in [6.07, 6.45) is 1.62. The van der Waals surface area contributed by atoms with Gasteiger partial charge in [0.1, 0.15) is 12.1 Å². The van der Waals surface area contributed by atoms with E-state index in [9.17, 15) is 4.79 Å². The fraction of sp³-hybridized carbons (Fsp3) is 0.0435. The number of hydrogen-bond acceptors (Lipinski definition) is 5. The Hall–Kier alpha value is -3.97. The summed E-state index contributed by atoms with van der Waals surface area (Å²) in [7, 11) is 1.94. The van der Waals surface area contributed by atoms with E-state index in [1.54, 1.807) is 35.0 Å². The molecule has 0 aliphatic heterocycles. The first kappa shape index (κ1) is 19.0. The largest absolute Gasteiger partial charge is 0.478 e. The molecule has 2 aromatic heterocycles. The van der Waals surface area contributed by atoms with Crippen molar-refractivity contribution in [2.75, 3.05) is 11.9 Å². The van der Waals surface area contributed by atoms with Crippen LogP contribution in [0.15, 0.2) is 73.1 Å². The Kier molecular flexibility index (Phi) is 4.52. The van der Waals surface area contributed by atoms with Gasteiger partial charge in [0.05, 0.1) is 11.1 Å². The summed E-state index contributed by atoms with van der Waals surface area (Å²) in [6.45, 7) is 0. The minimum Gasteiger partial charge on any atom is -0.478 e. The molecule has 0 spiro atoms. The summed E-state index contributed by atoms with van der Waals surface area (Å²) in [5.41, 5.74) is 3.94. The number of carboxylic acids is 1. The van der Waals surface area contributed by atoms with Gasteiger partial charge in [-0.05, 0) is 53.6 Å². The first-order valence-corrected chi connectivity index (χ1v) is 9.85. The molecular weight excluding hydrogens is 414 g/mol. The Morgan fingerprint density at radius 3 is 2.61 bits per heavy atom. The van der Waals surface area contributed by atoms with E-state index in [1.165, 1.54) is 0 Å². The van der Waals surface area contributed by atoms with Gasteiger partial charge in [-0.15, -0.1) is 10.2 Å². The standard InChI is InChI=1S/C23H16ClN5O2/c1-28(18-4-2-3-16(11-18)14-5-7-15(8-6-14)22(30)31)21-19-10-9-17(24)12-20(19)29-13-25-27-23(29)26-21/h2-13H,1H3,(H,30,31). The molecule has 0 unspecified atom stereocenters. The molecule has 0 radical (unpaired) electrons. The highest BCUT2D eigenvalue weighted by molar-refractivity contribution is 6.31. The maximum atomic E-state index is 11.1. The minimum atomic E-state index is -0.943. The molecule has 0 atom stereocenters. The zero-order chi connectivity index (χ0) is 21.5. The Morgan fingerprint density at radius 1 is 1.03 bits per heavy atom. The zero-order valence-corrected chi connectivity index (χ0v) is 17.2. The average Bonchev–Trinajstić information content (AvgIpc) is 3.27. The number of fused-ring (bicyclic) bond motifs is 3. The number of carbonyl (C=O) groups is 1. The molecule has 0 saturated heterocycles. The summed E-state index contributed by atoms with van der Waals surface area (Å²) in [5.74, 6) is 0.268. The highest BCUT2D eigenvalue weighted by Crippen LogP contribution is 2.33. The number of halogens is 1. The zero-order valence-electron chi connectivity index (χ0n) is 16.4. The van der Waals surface area contributed by atoms with Gasteiger partial charge < -0.3 is 10.0 Å². The van der Waals surface area contributed by atoms with Crippen molar-refractivity contribution < 1.29 is 9.90 Å². The second-order valence-corrected chi connectivity index (χ2v) is 7.53. The lowest BCUT2D eigenvalue weighted by Crippen LogP contribution is -2.13. The van der Waals surface area contributed by atoms with Crippen molar-refractivity contribution >= 4 is 45.8 Å². The number of carboxylic acid groups (broad SMARTS) is 1. The van der Waals surface area contributed by atoms with Crippen LogP contribution in [0, 0.1) is 0 Å². The lowest BCUT2D eigenvalue weighted by Gasteiger charge is -2.21. The van der Waals surface area contributed by atoms with E-state index in [0.717, 1.165) is 33.5 Å². The van der Waals surface area contributed by atoms with Crippen LogP contribution >= 0.6 is 11.6 Å². The molecule has 0 aliphatic rings. The van der Waals surface area contributed by atoms with Gasteiger partial charge in [-0.25, -0.2) is 4.79 Å². The quantitative estimate of drug-likeness (QED) is 0.429. The van der Waals surface area contributed by atoms with Crippen LogP contribution in [0.2, 0.25) is 5.02 Å². The second kappa shape index (κ2) is 7.37. The number of anilines is 2. The van der Waals surface area contributed by atoms with Crippen molar-refractivity contribution in [2.45, 2.75) is 0 Å². The smallest absolute Gasteiger partial charge is 0.335 e. The molecule has 2 heterocycles. The van der Waals surface area contributed by atoms with Crippen LogP contribution in [-0.2, 0) is 0 Å². The maximum Gasteiger partial charge on any atom is 0.335 e. The normalized spacial score (nSPS) is 11.2. The summed E-state index contributed by atoms with van der Waals surface area (Å²) >= 11 is 6.23. The molecule has 0 fully saturated rings. The van der Waals surface area contributed by atoms with Crippen molar-refractivity contribution in [3.63, 3.8) is 0 Å². The van der Waals surface area contributed by atoms with Crippen LogP contribution < -0.4 is 4.90 Å². The van der Waals surface area contributed by atoms with E-state index < -0.39 is 5.97 Å². The summed E-state index contributed by atoms with van der Waals surface area (Å²) in [6, 6.07) is 20.4. The van der Waals surface area contributed by atoms with Gasteiger partial charge in [0.2, 0.25) is 0 Å². The number of nitrogens with zero attached hydrogens (tertiary/aromatic N) is 5. The predicted octanol–water partition coefficient (Wildman–Crippen LogP) is 5.06. The van der Waals surface area contributed by atoms with Crippen LogP contribution in [0.25, 0.3) is 27.8 Å². The van der Waals surface area contributed by atoms with Gasteiger partial charge in [-0.1, -0.05) is 35.9 Å². The van der Waals surface area contributed by atoms with Crippen LogP contribution in [0.4, 0.5) is 11.5 Å². The van der Waals surface area contributed by atoms with E-state index in [-0.39, 0.29) is 5.56 Å². The minimum absolute atomic E-state index is 0.257. The Labute approximate surface area is 182 Å². The number of hydrogen-bond donors (Lipinski definition) is 1. The molecule has 0 aliphatic carbocycles. The topological polar surface area (TPSA) is 83.6 Å². The third-order valence-electron chi connectivity index (χ3n) is 5.21. The molecule has 5 aromatic rings. The van der Waals surface area contributed by atoms with Crippen molar-refractivity contribution in [1.29, 1.82) is 0 Å². The van der Waals surface area contributed by atoms with Crippen LogP contribution in [0.3, 0.4) is 0 Å². The van der Waals surface area contributed by atoms with E-state index in [1.807, 2.05) is 54.4 Å². The van der Waals surface area contributed by atoms with E-state index in [2.05, 4.69) is 10.2 Å². The van der Waals surface area contributed by atoms with Crippen LogP contribution in [0.1, 0.15) is 10.4 Å². The van der Waals surface area contributed by atoms with Crippen molar-refractivity contribution in [1.82, 2.24) is 19.6 Å². The first-order chi connectivity index (χ1) is 15.0. The second-order valence-electron chi connectivity index (χ2n) is 7.09. The Bertz CT molecular complexity index is 1450. The number of aromatic carboxylic acids is 1. The molecule has 3 aromatic carbocycles. The molecule has 152 valence electrons. The molecule has 5 rings (SSSR count). The van der Waals surface area contributed by atoms with Gasteiger partial charge in [0, 0.05) is 23.1 Å². The molecule has 1 N–H and O–H groups in total. The van der Waals surface area contributed by atoms with E-state index >= 15 is 0 Å². The Balaban J connectivity index is 1.60. The predicted molar refractivity (Wildman–Crippen MR) is 120 cm³/mol. The van der Waals surface area contributed by atoms with Gasteiger partial charge >= 0.3 is 5.97 Å². The van der Waals surface area contributed by atoms with Gasteiger partial charge in [0.15, 0.2) is 0 Å². The van der Waals surface area contributed by atoms with E-state index in [0.29, 0.717) is 10.8 Å². The first-order valence-electron chi connectivity index (χ1n) is 9.48. The van der Waals surface area contributed by atoms with Gasteiger partial charge in [0.25, 0.3) is 5.78 Å². The average molecular weight is 430 g/mol. The lowest BCUT2D eigenvalue weighted by molar-refractivity contribution is 0.0697. The Morgan fingerprint density at radius 2 is 1.84 bits per heavy atom. The fourth-order valence-corrected chi connectivity index (χ4v) is 3.77. The van der Waals surface area contributed by atoms with Gasteiger partial charge in [-0.3, -0.25) is 4.40 Å². The molecule has 0 saturated carbocycles. The van der Waals surface area contributed by atoms with Crippen molar-refractivity contribution in [3.8, 4) is 11.1 Å². The summed E-state index contributed by atoms with van der Waals surface area (Å²) in [4.78, 5) is 17.8. The fourth-order valence-electron chi connectivity index (χ4n) is 3.60. The maximum absolute atomic E-state index is 11.1. The number of benzene rings is 3. The van der Waals surface area contributed by atoms with Crippen LogP contribution in [-0.4, -0.2) is 37.7 Å². The highest BCUT2D eigenvalue weighted by Gasteiger charge is 2.15. The van der Waals surface area contributed by atoms with Crippen LogP contribution in [0.5, 0.6) is 0 Å². The highest BCUT2D eigenvalue weighted by atomic mass is 35.5. The van der Waals surface area contributed by atoms with E-state index in [4.69, 9.17) is 21.7 Å². The molecule has 31 heavy (non-hydrogen) atoms. The molecule has 0 amide bonds. The summed E-state index contributed by atoms with van der Waals surface area (Å²) in [5, 5.41) is 18.7. The third kappa shape index (κ3) is 3.35. The third-order valence-corrected chi connectivity index (χ3v) is 5.45. The van der Waals surface area contributed by atoms with Gasteiger partial charge in [-0.2, -0.15) is 4.98 Å². The SMILES string of the molecule is CN(c1cccc(-c2ccc(C(=O)O)cc2)c1)c1nc2nncn2c2cc(Cl)ccc12. The number of rotatable bonds is 4. The lowest BCUT2D eigenvalue weighted by atomic mass is 10.0. The molecule has 7 nitrogen and oxygen atoms in total. The molecule has 8 heteroatoms. The molecular formula is C23H16ClN5O2.